The normalized spacial score (nSPS) is 14.5. The minimum atomic E-state index is -0.331. The molecule has 22 heavy (non-hydrogen) atoms. The number of pyridine rings is 1. The number of amides is 2. The van der Waals surface area contributed by atoms with E-state index in [2.05, 4.69) is 4.98 Å². The molecule has 1 aromatic heterocycles. The SMILES string of the molecule is Cl.N[C@@H](Cc1ccccn1)CN1C(=O)c2ccccc2C1=O. The van der Waals surface area contributed by atoms with Crippen LogP contribution in [0.25, 0.3) is 0 Å². The second kappa shape index (κ2) is 6.68. The first-order valence-corrected chi connectivity index (χ1v) is 6.77. The largest absolute Gasteiger partial charge is 0.326 e. The maximum atomic E-state index is 12.2. The summed E-state index contributed by atoms with van der Waals surface area (Å²) in [6.45, 7) is 0.197. The van der Waals surface area contributed by atoms with Crippen molar-refractivity contribution in [1.29, 1.82) is 0 Å². The lowest BCUT2D eigenvalue weighted by molar-refractivity contribution is 0.0644. The third kappa shape index (κ3) is 3.00. The van der Waals surface area contributed by atoms with Crippen molar-refractivity contribution in [2.45, 2.75) is 12.5 Å². The van der Waals surface area contributed by atoms with E-state index in [1.54, 1.807) is 30.5 Å². The summed E-state index contributed by atoms with van der Waals surface area (Å²) in [4.78, 5) is 29.9. The first kappa shape index (κ1) is 16.1. The van der Waals surface area contributed by atoms with Crippen LogP contribution in [0.4, 0.5) is 0 Å². The number of halogens is 1. The number of imide groups is 1. The van der Waals surface area contributed by atoms with E-state index in [0.717, 1.165) is 5.69 Å². The standard InChI is InChI=1S/C16H15N3O2.ClH/c17-11(9-12-5-3-4-8-18-12)10-19-15(20)13-6-1-2-7-14(13)16(19)21;/h1-8,11H,9-10,17H2;1H/t11-;/m0./s1. The Morgan fingerprint density at radius 2 is 1.59 bits per heavy atom. The minimum Gasteiger partial charge on any atom is -0.326 e. The summed E-state index contributed by atoms with van der Waals surface area (Å²) in [6, 6.07) is 12.1. The Bertz CT molecular complexity index is 656. The van der Waals surface area contributed by atoms with Gasteiger partial charge in [0.15, 0.2) is 0 Å². The predicted octanol–water partition coefficient (Wildman–Crippen LogP) is 1.67. The molecule has 0 saturated carbocycles. The zero-order valence-electron chi connectivity index (χ0n) is 11.8. The fourth-order valence-electron chi connectivity index (χ4n) is 2.49. The van der Waals surface area contributed by atoms with Crippen LogP contribution in [-0.2, 0) is 6.42 Å². The summed E-state index contributed by atoms with van der Waals surface area (Å²) in [6.07, 6.45) is 2.22. The Morgan fingerprint density at radius 1 is 1.00 bits per heavy atom. The van der Waals surface area contributed by atoms with Crippen molar-refractivity contribution in [3.05, 3.63) is 65.5 Å². The van der Waals surface area contributed by atoms with Crippen LogP contribution in [0, 0.1) is 0 Å². The topological polar surface area (TPSA) is 76.3 Å². The van der Waals surface area contributed by atoms with Crippen molar-refractivity contribution in [2.75, 3.05) is 6.54 Å². The van der Waals surface area contributed by atoms with Gasteiger partial charge in [0.2, 0.25) is 0 Å². The smallest absolute Gasteiger partial charge is 0.261 e. The second-order valence-corrected chi connectivity index (χ2v) is 5.05. The number of fused-ring (bicyclic) bond motifs is 1. The van der Waals surface area contributed by atoms with E-state index in [9.17, 15) is 9.59 Å². The maximum absolute atomic E-state index is 12.2. The Hall–Kier alpha value is -2.24. The summed E-state index contributed by atoms with van der Waals surface area (Å²) in [7, 11) is 0. The molecule has 0 unspecified atom stereocenters. The van der Waals surface area contributed by atoms with E-state index >= 15 is 0 Å². The lowest BCUT2D eigenvalue weighted by atomic mass is 10.1. The zero-order valence-corrected chi connectivity index (χ0v) is 12.6. The molecule has 1 aliphatic heterocycles. The van der Waals surface area contributed by atoms with Gasteiger partial charge in [0, 0.05) is 30.9 Å². The number of hydrogen-bond donors (Lipinski definition) is 1. The third-order valence-corrected chi connectivity index (χ3v) is 3.49. The number of hydrogen-bond acceptors (Lipinski definition) is 4. The molecule has 0 aliphatic carbocycles. The number of rotatable bonds is 4. The molecular weight excluding hydrogens is 302 g/mol. The lowest BCUT2D eigenvalue weighted by Gasteiger charge is -2.19. The summed E-state index contributed by atoms with van der Waals surface area (Å²) in [5, 5.41) is 0. The molecule has 2 aromatic rings. The van der Waals surface area contributed by atoms with Gasteiger partial charge in [-0.05, 0) is 24.3 Å². The lowest BCUT2D eigenvalue weighted by Crippen LogP contribution is -2.42. The first-order valence-electron chi connectivity index (χ1n) is 6.77. The molecule has 6 heteroatoms. The van der Waals surface area contributed by atoms with Gasteiger partial charge in [-0.3, -0.25) is 19.5 Å². The maximum Gasteiger partial charge on any atom is 0.261 e. The molecule has 114 valence electrons. The zero-order chi connectivity index (χ0) is 14.8. The van der Waals surface area contributed by atoms with Crippen LogP contribution < -0.4 is 5.73 Å². The van der Waals surface area contributed by atoms with Gasteiger partial charge in [0.25, 0.3) is 11.8 Å². The second-order valence-electron chi connectivity index (χ2n) is 5.05. The first-order chi connectivity index (χ1) is 10.2. The summed E-state index contributed by atoms with van der Waals surface area (Å²) < 4.78 is 0. The van der Waals surface area contributed by atoms with Crippen LogP contribution in [0.2, 0.25) is 0 Å². The van der Waals surface area contributed by atoms with Crippen LogP contribution in [0.15, 0.2) is 48.7 Å². The Morgan fingerprint density at radius 3 is 2.14 bits per heavy atom. The molecule has 0 saturated heterocycles. The van der Waals surface area contributed by atoms with Crippen LogP contribution in [0.3, 0.4) is 0 Å². The molecule has 1 atom stereocenters. The highest BCUT2D eigenvalue weighted by Crippen LogP contribution is 2.22. The molecule has 1 aliphatic rings. The van der Waals surface area contributed by atoms with Crippen LogP contribution in [0.5, 0.6) is 0 Å². The fourth-order valence-corrected chi connectivity index (χ4v) is 2.49. The molecule has 2 heterocycles. The van der Waals surface area contributed by atoms with E-state index in [-0.39, 0.29) is 36.8 Å². The number of benzene rings is 1. The number of nitrogens with two attached hydrogens (primary N) is 1. The van der Waals surface area contributed by atoms with Crippen molar-refractivity contribution in [3.8, 4) is 0 Å². The molecule has 2 amide bonds. The number of nitrogens with zero attached hydrogens (tertiary/aromatic N) is 2. The van der Waals surface area contributed by atoms with E-state index in [1.807, 2.05) is 18.2 Å². The van der Waals surface area contributed by atoms with Gasteiger partial charge in [-0.25, -0.2) is 0 Å². The highest BCUT2D eigenvalue weighted by atomic mass is 35.5. The van der Waals surface area contributed by atoms with Gasteiger partial charge in [0.1, 0.15) is 0 Å². The quantitative estimate of drug-likeness (QED) is 0.870. The molecule has 0 spiro atoms. The van der Waals surface area contributed by atoms with Crippen molar-refractivity contribution < 1.29 is 9.59 Å². The average molecular weight is 318 g/mol. The van der Waals surface area contributed by atoms with E-state index < -0.39 is 0 Å². The molecule has 0 fully saturated rings. The van der Waals surface area contributed by atoms with Gasteiger partial charge in [0.05, 0.1) is 11.1 Å². The van der Waals surface area contributed by atoms with E-state index in [4.69, 9.17) is 5.73 Å². The average Bonchev–Trinajstić information content (AvgIpc) is 2.74. The van der Waals surface area contributed by atoms with Gasteiger partial charge >= 0.3 is 0 Å². The fraction of sp³-hybridized carbons (Fsp3) is 0.188. The summed E-state index contributed by atoms with van der Waals surface area (Å²) in [5.74, 6) is -0.542. The van der Waals surface area contributed by atoms with E-state index in [1.165, 1.54) is 4.90 Å². The Balaban J connectivity index is 0.00000176. The molecule has 3 rings (SSSR count). The third-order valence-electron chi connectivity index (χ3n) is 3.49. The summed E-state index contributed by atoms with van der Waals surface area (Å²) in [5.41, 5.74) is 7.81. The van der Waals surface area contributed by atoms with Crippen molar-refractivity contribution in [1.82, 2.24) is 9.88 Å². The molecule has 5 nitrogen and oxygen atoms in total. The highest BCUT2D eigenvalue weighted by Gasteiger charge is 2.35. The molecule has 1 aromatic carbocycles. The number of carbonyl (C=O) groups excluding carboxylic acids is 2. The van der Waals surface area contributed by atoms with Crippen LogP contribution in [0.1, 0.15) is 26.4 Å². The van der Waals surface area contributed by atoms with Gasteiger partial charge in [-0.15, -0.1) is 12.4 Å². The number of aromatic nitrogens is 1. The molecule has 2 N–H and O–H groups in total. The predicted molar refractivity (Wildman–Crippen MR) is 85.0 cm³/mol. The molecule has 0 bridgehead atoms. The van der Waals surface area contributed by atoms with Crippen molar-refractivity contribution in [2.24, 2.45) is 5.73 Å². The molecule has 0 radical (unpaired) electrons. The Labute approximate surface area is 134 Å². The molecular formula is C16H16ClN3O2. The Kier molecular flexibility index (Phi) is 4.90. The van der Waals surface area contributed by atoms with Gasteiger partial charge in [-0.2, -0.15) is 0 Å². The van der Waals surface area contributed by atoms with Crippen molar-refractivity contribution in [3.63, 3.8) is 0 Å². The monoisotopic (exact) mass is 317 g/mol. The van der Waals surface area contributed by atoms with Gasteiger partial charge < -0.3 is 5.73 Å². The van der Waals surface area contributed by atoms with Crippen LogP contribution in [-0.4, -0.2) is 34.3 Å². The van der Waals surface area contributed by atoms with Crippen molar-refractivity contribution >= 4 is 24.2 Å². The number of carbonyl (C=O) groups is 2. The minimum absolute atomic E-state index is 0. The van der Waals surface area contributed by atoms with Crippen LogP contribution >= 0.6 is 12.4 Å². The summed E-state index contributed by atoms with van der Waals surface area (Å²) >= 11 is 0. The van der Waals surface area contributed by atoms with Gasteiger partial charge in [-0.1, -0.05) is 18.2 Å². The van der Waals surface area contributed by atoms with E-state index in [0.29, 0.717) is 17.5 Å². The highest BCUT2D eigenvalue weighted by molar-refractivity contribution is 6.21.